The molecule has 0 bridgehead atoms. The van der Waals surface area contributed by atoms with E-state index in [1.54, 1.807) is 6.07 Å². The van der Waals surface area contributed by atoms with Gasteiger partial charge in [-0.15, -0.1) is 0 Å². The van der Waals surface area contributed by atoms with Crippen LogP contribution in [-0.4, -0.2) is 55.0 Å². The van der Waals surface area contributed by atoms with Crippen molar-refractivity contribution >= 4 is 5.91 Å². The Morgan fingerprint density at radius 2 is 2.04 bits per heavy atom. The van der Waals surface area contributed by atoms with Gasteiger partial charge in [0.05, 0.1) is 17.9 Å². The molecule has 1 unspecified atom stereocenters. The summed E-state index contributed by atoms with van der Waals surface area (Å²) in [6.45, 7) is 4.62. The van der Waals surface area contributed by atoms with Gasteiger partial charge < -0.3 is 14.6 Å². The predicted molar refractivity (Wildman–Crippen MR) is 89.2 cm³/mol. The summed E-state index contributed by atoms with van der Waals surface area (Å²) in [5.41, 5.74) is 1.88. The third-order valence-electron chi connectivity index (χ3n) is 4.18. The smallest absolute Gasteiger partial charge is 0.254 e. The third-order valence-corrected chi connectivity index (χ3v) is 4.18. The highest BCUT2D eigenvalue weighted by atomic mass is 16.3. The number of furan rings is 1. The third kappa shape index (κ3) is 4.43. The van der Waals surface area contributed by atoms with Gasteiger partial charge in [-0.3, -0.25) is 9.69 Å². The fourth-order valence-electron chi connectivity index (χ4n) is 2.98. The Labute approximate surface area is 136 Å². The Hall–Kier alpha value is -2.11. The highest BCUT2D eigenvalue weighted by Crippen LogP contribution is 2.09. The average Bonchev–Trinajstić information content (AvgIpc) is 3.02. The molecule has 3 rings (SSSR count). The van der Waals surface area contributed by atoms with E-state index < -0.39 is 0 Å². The first-order valence-corrected chi connectivity index (χ1v) is 7.98. The molecule has 5 heteroatoms. The lowest BCUT2D eigenvalue weighted by atomic mass is 10.2. The van der Waals surface area contributed by atoms with Crippen molar-refractivity contribution in [1.82, 2.24) is 15.1 Å². The normalized spacial score (nSPS) is 20.1. The van der Waals surface area contributed by atoms with Crippen LogP contribution in [0.15, 0.2) is 53.3 Å². The Balaban J connectivity index is 1.63. The molecule has 1 saturated heterocycles. The number of hydrogen-bond donors (Lipinski definition) is 1. The summed E-state index contributed by atoms with van der Waals surface area (Å²) >= 11 is 0. The van der Waals surface area contributed by atoms with Crippen LogP contribution in [0.2, 0.25) is 0 Å². The summed E-state index contributed by atoms with van der Waals surface area (Å²) < 4.78 is 4.99. The van der Waals surface area contributed by atoms with Crippen molar-refractivity contribution in [2.75, 3.05) is 33.2 Å². The minimum atomic E-state index is -0.0706. The summed E-state index contributed by atoms with van der Waals surface area (Å²) in [6, 6.07) is 12.3. The van der Waals surface area contributed by atoms with E-state index in [0.29, 0.717) is 5.56 Å². The number of nitrogens with zero attached hydrogens (tertiary/aromatic N) is 2. The molecule has 1 amide bonds. The van der Waals surface area contributed by atoms with Crippen LogP contribution < -0.4 is 5.32 Å². The average molecular weight is 313 g/mol. The number of benzene rings is 1. The van der Waals surface area contributed by atoms with Crippen molar-refractivity contribution in [2.24, 2.45) is 0 Å². The van der Waals surface area contributed by atoms with E-state index in [1.165, 1.54) is 18.1 Å². The summed E-state index contributed by atoms with van der Waals surface area (Å²) in [6.07, 6.45) is 3.01. The minimum absolute atomic E-state index is 0.0706. The molecule has 1 N–H and O–H groups in total. The number of hydrogen-bond acceptors (Lipinski definition) is 4. The lowest BCUT2D eigenvalue weighted by Crippen LogP contribution is -2.46. The number of carbonyl (C=O) groups is 1. The van der Waals surface area contributed by atoms with E-state index in [-0.39, 0.29) is 11.9 Å². The molecule has 0 aliphatic carbocycles. The molecular weight excluding hydrogens is 290 g/mol. The zero-order valence-corrected chi connectivity index (χ0v) is 13.4. The Kier molecular flexibility index (Phi) is 5.10. The molecule has 2 aromatic rings. The number of amides is 1. The predicted octanol–water partition coefficient (Wildman–Crippen LogP) is 1.83. The molecule has 1 aliphatic heterocycles. The van der Waals surface area contributed by atoms with Crippen LogP contribution in [-0.2, 0) is 6.54 Å². The molecule has 2 heterocycles. The van der Waals surface area contributed by atoms with Gasteiger partial charge >= 0.3 is 0 Å². The maximum absolute atomic E-state index is 12.2. The van der Waals surface area contributed by atoms with Gasteiger partial charge in [-0.25, -0.2) is 0 Å². The van der Waals surface area contributed by atoms with Crippen molar-refractivity contribution < 1.29 is 9.21 Å². The first-order chi connectivity index (χ1) is 11.2. The zero-order chi connectivity index (χ0) is 16.1. The minimum Gasteiger partial charge on any atom is -0.472 e. The quantitative estimate of drug-likeness (QED) is 0.935. The number of rotatable bonds is 4. The molecule has 0 radical (unpaired) electrons. The summed E-state index contributed by atoms with van der Waals surface area (Å²) in [5, 5.41) is 3.13. The molecule has 1 fully saturated rings. The molecule has 1 aromatic heterocycles. The monoisotopic (exact) mass is 313 g/mol. The Morgan fingerprint density at radius 3 is 2.78 bits per heavy atom. The Bertz CT molecular complexity index is 612. The van der Waals surface area contributed by atoms with E-state index in [9.17, 15) is 4.79 Å². The maximum Gasteiger partial charge on any atom is 0.254 e. The van der Waals surface area contributed by atoms with Gasteiger partial charge in [0.15, 0.2) is 0 Å². The molecule has 122 valence electrons. The van der Waals surface area contributed by atoms with Crippen LogP contribution in [0.1, 0.15) is 15.9 Å². The second-order valence-corrected chi connectivity index (χ2v) is 6.17. The topological polar surface area (TPSA) is 48.7 Å². The number of carbonyl (C=O) groups excluding carboxylic acids is 1. The molecule has 5 nitrogen and oxygen atoms in total. The van der Waals surface area contributed by atoms with Gasteiger partial charge in [-0.1, -0.05) is 30.3 Å². The standard InChI is InChI=1S/C18H23N3O2/c1-20-8-9-21(11-15-5-3-2-4-6-15)13-17(12-20)19-18(22)16-7-10-23-14-16/h2-7,10,14,17H,8-9,11-13H2,1H3,(H,19,22). The van der Waals surface area contributed by atoms with E-state index in [4.69, 9.17) is 4.42 Å². The summed E-state index contributed by atoms with van der Waals surface area (Å²) in [5.74, 6) is -0.0706. The van der Waals surface area contributed by atoms with Crippen molar-refractivity contribution in [1.29, 1.82) is 0 Å². The van der Waals surface area contributed by atoms with E-state index >= 15 is 0 Å². The van der Waals surface area contributed by atoms with Gasteiger partial charge in [0, 0.05) is 32.7 Å². The fraction of sp³-hybridized carbons (Fsp3) is 0.389. The highest BCUT2D eigenvalue weighted by Gasteiger charge is 2.23. The van der Waals surface area contributed by atoms with Crippen LogP contribution >= 0.6 is 0 Å². The maximum atomic E-state index is 12.2. The van der Waals surface area contributed by atoms with Crippen LogP contribution in [0.25, 0.3) is 0 Å². The fourth-order valence-corrected chi connectivity index (χ4v) is 2.98. The summed E-state index contributed by atoms with van der Waals surface area (Å²) in [7, 11) is 2.10. The van der Waals surface area contributed by atoms with Gasteiger partial charge in [0.1, 0.15) is 6.26 Å². The van der Waals surface area contributed by atoms with Crippen molar-refractivity contribution in [2.45, 2.75) is 12.6 Å². The van der Waals surface area contributed by atoms with Crippen molar-refractivity contribution in [3.63, 3.8) is 0 Å². The second-order valence-electron chi connectivity index (χ2n) is 6.17. The largest absolute Gasteiger partial charge is 0.472 e. The van der Waals surface area contributed by atoms with Crippen LogP contribution in [0.3, 0.4) is 0 Å². The molecule has 1 aliphatic rings. The molecule has 23 heavy (non-hydrogen) atoms. The van der Waals surface area contributed by atoms with Gasteiger partial charge in [0.2, 0.25) is 0 Å². The lowest BCUT2D eigenvalue weighted by Gasteiger charge is -2.24. The molecule has 1 atom stereocenters. The highest BCUT2D eigenvalue weighted by molar-refractivity contribution is 5.93. The summed E-state index contributed by atoms with van der Waals surface area (Å²) in [4.78, 5) is 16.9. The number of nitrogens with one attached hydrogen (secondary N) is 1. The van der Waals surface area contributed by atoms with E-state index in [2.05, 4.69) is 46.4 Å². The molecule has 0 saturated carbocycles. The van der Waals surface area contributed by atoms with E-state index in [0.717, 1.165) is 32.7 Å². The van der Waals surface area contributed by atoms with E-state index in [1.807, 2.05) is 6.07 Å². The van der Waals surface area contributed by atoms with Crippen molar-refractivity contribution in [3.05, 3.63) is 60.1 Å². The van der Waals surface area contributed by atoms with Crippen LogP contribution in [0, 0.1) is 0 Å². The van der Waals surface area contributed by atoms with Gasteiger partial charge in [-0.05, 0) is 18.7 Å². The van der Waals surface area contributed by atoms with Crippen LogP contribution in [0.4, 0.5) is 0 Å². The Morgan fingerprint density at radius 1 is 1.22 bits per heavy atom. The second kappa shape index (κ2) is 7.44. The van der Waals surface area contributed by atoms with Crippen LogP contribution in [0.5, 0.6) is 0 Å². The number of likely N-dealkylation sites (N-methyl/N-ethyl adjacent to an activating group) is 1. The van der Waals surface area contributed by atoms with Gasteiger partial charge in [0.25, 0.3) is 5.91 Å². The van der Waals surface area contributed by atoms with Gasteiger partial charge in [-0.2, -0.15) is 0 Å². The lowest BCUT2D eigenvalue weighted by molar-refractivity contribution is 0.0923. The zero-order valence-electron chi connectivity index (χ0n) is 13.4. The SMILES string of the molecule is CN1CCN(Cc2ccccc2)CC(NC(=O)c2ccoc2)C1. The first kappa shape index (κ1) is 15.8. The molecule has 1 aromatic carbocycles. The van der Waals surface area contributed by atoms with Crippen molar-refractivity contribution in [3.8, 4) is 0 Å². The molecule has 0 spiro atoms. The molecular formula is C18H23N3O2. The first-order valence-electron chi connectivity index (χ1n) is 7.98.